The third kappa shape index (κ3) is 7.05. The molecular formula is C33H32Cl2SiTi-2. The number of hydrogen-bond donors (Lipinski definition) is 0. The second kappa shape index (κ2) is 13.1. The van der Waals surface area contributed by atoms with Crippen LogP contribution in [0.15, 0.2) is 109 Å². The summed E-state index contributed by atoms with van der Waals surface area (Å²) in [4.78, 5) is 0. The van der Waals surface area contributed by atoms with Crippen molar-refractivity contribution < 1.29 is 14.5 Å². The quantitative estimate of drug-likeness (QED) is 0.142. The summed E-state index contributed by atoms with van der Waals surface area (Å²) in [6.45, 7) is 8.65. The van der Waals surface area contributed by atoms with E-state index in [4.69, 9.17) is 18.6 Å². The zero-order valence-electron chi connectivity index (χ0n) is 21.9. The van der Waals surface area contributed by atoms with Crippen molar-refractivity contribution in [3.63, 3.8) is 0 Å². The van der Waals surface area contributed by atoms with Gasteiger partial charge in [-0.05, 0) is 22.8 Å². The van der Waals surface area contributed by atoms with Gasteiger partial charge in [0, 0.05) is 0 Å². The molecule has 6 aromatic carbocycles. The van der Waals surface area contributed by atoms with Gasteiger partial charge in [0.25, 0.3) is 0 Å². The molecule has 0 fully saturated rings. The molecule has 6 aromatic rings. The van der Waals surface area contributed by atoms with E-state index >= 15 is 0 Å². The van der Waals surface area contributed by atoms with Crippen LogP contribution in [0.25, 0.3) is 43.4 Å². The Bertz CT molecular complexity index is 1620. The third-order valence-corrected chi connectivity index (χ3v) is 20.1. The van der Waals surface area contributed by atoms with E-state index in [0.29, 0.717) is 0 Å². The maximum Gasteiger partial charge on any atom is -0.0114 e. The zero-order valence-corrected chi connectivity index (χ0v) is 25.9. The molecule has 37 heavy (non-hydrogen) atoms. The summed E-state index contributed by atoms with van der Waals surface area (Å²) in [7, 11) is 11.2. The summed E-state index contributed by atoms with van der Waals surface area (Å²) in [5, 5.41) is 8.02. The molecule has 0 bridgehead atoms. The zero-order chi connectivity index (χ0) is 26.4. The summed E-state index contributed by atoms with van der Waals surface area (Å²) in [5.74, 6) is 0. The molecule has 0 aliphatic carbocycles. The van der Waals surface area contributed by atoms with Crippen LogP contribution < -0.4 is 0 Å². The molecular weight excluding hydrogens is 543 g/mol. The van der Waals surface area contributed by atoms with Crippen LogP contribution in [0.3, 0.4) is 0 Å². The number of rotatable bonds is 2. The fourth-order valence-electron chi connectivity index (χ4n) is 4.50. The maximum absolute atomic E-state index is 5.59. The van der Waals surface area contributed by atoms with Crippen LogP contribution in [-0.4, -0.2) is 6.19 Å². The predicted octanol–water partition coefficient (Wildman–Crippen LogP) is 11.0. The van der Waals surface area contributed by atoms with Crippen molar-refractivity contribution in [3.05, 3.63) is 120 Å². The van der Waals surface area contributed by atoms with Gasteiger partial charge in [0.15, 0.2) is 0 Å². The van der Waals surface area contributed by atoms with Crippen LogP contribution in [-0.2, 0) is 20.9 Å². The van der Waals surface area contributed by atoms with E-state index in [9.17, 15) is 0 Å². The molecule has 0 amide bonds. The molecule has 0 aromatic heterocycles. The average molecular weight is 575 g/mol. The Morgan fingerprint density at radius 2 is 1.24 bits per heavy atom. The minimum Gasteiger partial charge on any atom is -0.165 e. The first-order valence-electron chi connectivity index (χ1n) is 12.6. The van der Waals surface area contributed by atoms with E-state index in [1.807, 2.05) is 0 Å². The number of halogens is 2. The first-order valence-corrected chi connectivity index (χ1v) is 21.8. The van der Waals surface area contributed by atoms with Gasteiger partial charge in [0.05, 0.1) is 0 Å². The van der Waals surface area contributed by atoms with Gasteiger partial charge >= 0.3 is 52.4 Å². The van der Waals surface area contributed by atoms with Crippen molar-refractivity contribution >= 4 is 57.1 Å². The van der Waals surface area contributed by atoms with Crippen LogP contribution in [0.5, 0.6) is 0 Å². The molecule has 0 aliphatic heterocycles. The van der Waals surface area contributed by atoms with Crippen LogP contribution >= 0.6 is 18.6 Å². The first kappa shape index (κ1) is 27.9. The monoisotopic (exact) mass is 574 g/mol. The van der Waals surface area contributed by atoms with E-state index < -0.39 is 14.5 Å². The van der Waals surface area contributed by atoms with Crippen LogP contribution in [0.4, 0.5) is 0 Å². The van der Waals surface area contributed by atoms with Gasteiger partial charge in [0.1, 0.15) is 0 Å². The number of fused-ring (bicyclic) bond motifs is 3. The SMILES string of the molecule is CCc1cc2ccccc2[cH-]1.C[Si](C)=[Ti]([Cl])[Cl].Cc1cc2c(-c3cccc4ccccc34)cccc2[cH-]1. The van der Waals surface area contributed by atoms with Gasteiger partial charge in [-0.3, -0.25) is 0 Å². The molecule has 0 atom stereocenters. The summed E-state index contributed by atoms with van der Waals surface area (Å²) < 4.78 is 0. The fraction of sp³-hybridized carbons (Fsp3) is 0.152. The summed E-state index contributed by atoms with van der Waals surface area (Å²) in [6.07, 6.45) is 0.879. The Labute approximate surface area is 235 Å². The molecule has 0 radical (unpaired) electrons. The standard InChI is InChI=1S/C20H15.C11H11.C2H6Si.2ClH.Ti/c1-14-12-16-8-5-11-19(20(16)13-14)18-10-4-7-15-6-2-3-9-17(15)18;1-2-9-7-10-5-3-4-6-11(10)8-9;1-3-2;;;/h2-13H,1H3;3-8H,2H2,1H3;1-2H3;2*1H;/q2*-1;;;;+2/p-2. The Hall–Kier alpha value is -2.13. The van der Waals surface area contributed by atoms with Gasteiger partial charge in [-0.1, -0.05) is 74.0 Å². The molecule has 0 unspecified atom stereocenters. The third-order valence-electron chi connectivity index (χ3n) is 6.44. The largest absolute Gasteiger partial charge is 0.165 e. The molecule has 188 valence electrons. The van der Waals surface area contributed by atoms with Gasteiger partial charge < -0.3 is 0 Å². The van der Waals surface area contributed by atoms with Crippen molar-refractivity contribution in [1.29, 1.82) is 0 Å². The van der Waals surface area contributed by atoms with Crippen molar-refractivity contribution in [3.8, 4) is 11.1 Å². The summed E-state index contributed by atoms with van der Waals surface area (Å²) >= 11 is -1.42. The number of benzene rings is 4. The minimum atomic E-state index is -1.42. The van der Waals surface area contributed by atoms with Gasteiger partial charge in [-0.15, -0.1) is 75.1 Å². The fourth-order valence-corrected chi connectivity index (χ4v) is 4.50. The van der Waals surface area contributed by atoms with E-state index in [1.54, 1.807) is 0 Å². The van der Waals surface area contributed by atoms with E-state index in [0.717, 1.165) is 6.42 Å². The van der Waals surface area contributed by atoms with E-state index in [2.05, 4.69) is 136 Å². The van der Waals surface area contributed by atoms with Gasteiger partial charge in [0.2, 0.25) is 0 Å². The van der Waals surface area contributed by atoms with Gasteiger partial charge in [-0.2, -0.15) is 12.1 Å². The second-order valence-corrected chi connectivity index (χ2v) is 25.6. The Balaban J connectivity index is 0.000000158. The first-order chi connectivity index (χ1) is 17.9. The topological polar surface area (TPSA) is 0 Å². The normalized spacial score (nSPS) is 10.5. The molecule has 6 rings (SSSR count). The molecule has 4 heteroatoms. The molecule has 0 heterocycles. The Morgan fingerprint density at radius 3 is 1.92 bits per heavy atom. The molecule has 0 aliphatic rings. The molecule has 0 saturated carbocycles. The predicted molar refractivity (Wildman–Crippen MR) is 165 cm³/mol. The van der Waals surface area contributed by atoms with Gasteiger partial charge in [-0.25, -0.2) is 0 Å². The van der Waals surface area contributed by atoms with E-state index in [1.165, 1.54) is 54.6 Å². The van der Waals surface area contributed by atoms with Crippen LogP contribution in [0.2, 0.25) is 13.1 Å². The number of aryl methyl sites for hydroxylation is 2. The Kier molecular flexibility index (Phi) is 9.87. The van der Waals surface area contributed by atoms with Crippen molar-refractivity contribution in [1.82, 2.24) is 0 Å². The molecule has 0 saturated heterocycles. The summed E-state index contributed by atoms with van der Waals surface area (Å²) in [6, 6.07) is 39.3. The molecule has 0 spiro atoms. The Morgan fingerprint density at radius 1 is 0.676 bits per heavy atom. The van der Waals surface area contributed by atoms with E-state index in [-0.39, 0.29) is 6.19 Å². The average Bonchev–Trinajstić information content (AvgIpc) is 3.51. The van der Waals surface area contributed by atoms with Crippen LogP contribution in [0, 0.1) is 6.92 Å². The molecule has 0 nitrogen and oxygen atoms in total. The smallest absolute Gasteiger partial charge is 0.0114 e. The second-order valence-electron chi connectivity index (χ2n) is 9.47. The van der Waals surface area contributed by atoms with Crippen molar-refractivity contribution in [2.75, 3.05) is 0 Å². The maximum atomic E-state index is 5.59. The summed E-state index contributed by atoms with van der Waals surface area (Å²) in [5.41, 5.74) is 5.41. The number of hydrogen-bond acceptors (Lipinski definition) is 0. The van der Waals surface area contributed by atoms with Crippen molar-refractivity contribution in [2.45, 2.75) is 33.4 Å². The van der Waals surface area contributed by atoms with Crippen LogP contribution in [0.1, 0.15) is 18.1 Å². The van der Waals surface area contributed by atoms with Crippen molar-refractivity contribution in [2.24, 2.45) is 0 Å². The molecule has 0 N–H and O–H groups in total. The minimum absolute atomic E-state index is 0.254.